The average molecular weight is 277 g/mol. The first kappa shape index (κ1) is 12.4. The predicted molar refractivity (Wildman–Crippen MR) is 71.4 cm³/mol. The number of hydrogen-bond donors (Lipinski definition) is 1. The van der Waals surface area contributed by atoms with Crippen molar-refractivity contribution >= 4 is 9.84 Å². The second kappa shape index (κ2) is 4.18. The van der Waals surface area contributed by atoms with E-state index in [4.69, 9.17) is 5.73 Å². The average Bonchev–Trinajstić information content (AvgIpc) is 2.94. The number of sulfone groups is 1. The van der Waals surface area contributed by atoms with Crippen molar-refractivity contribution in [3.63, 3.8) is 0 Å². The van der Waals surface area contributed by atoms with Crippen LogP contribution in [-0.4, -0.2) is 24.5 Å². The van der Waals surface area contributed by atoms with Gasteiger partial charge in [-0.1, -0.05) is 24.3 Å². The minimum absolute atomic E-state index is 0.0205. The standard InChI is InChI=1S/C13H15N3O2S/c1-19(17,18)10-7-15-16(8-10)12-6-9-4-2-3-5-11(9)13(12)14/h2-5,7-8,12-13H,6,14H2,1H3. The van der Waals surface area contributed by atoms with Gasteiger partial charge < -0.3 is 5.73 Å². The first-order chi connectivity index (χ1) is 8.97. The summed E-state index contributed by atoms with van der Waals surface area (Å²) in [6, 6.07) is 7.85. The van der Waals surface area contributed by atoms with Crippen LogP contribution in [-0.2, 0) is 16.3 Å². The minimum atomic E-state index is -3.22. The lowest BCUT2D eigenvalue weighted by Gasteiger charge is -2.16. The van der Waals surface area contributed by atoms with E-state index >= 15 is 0 Å². The van der Waals surface area contributed by atoms with Gasteiger partial charge in [0.05, 0.1) is 18.3 Å². The molecule has 1 heterocycles. The highest BCUT2D eigenvalue weighted by Gasteiger charge is 2.31. The van der Waals surface area contributed by atoms with Gasteiger partial charge in [-0.25, -0.2) is 8.42 Å². The number of hydrogen-bond acceptors (Lipinski definition) is 4. The molecule has 1 aliphatic rings. The van der Waals surface area contributed by atoms with E-state index in [1.165, 1.54) is 18.0 Å². The largest absolute Gasteiger partial charge is 0.322 e. The quantitative estimate of drug-likeness (QED) is 0.891. The van der Waals surface area contributed by atoms with Gasteiger partial charge in [0.25, 0.3) is 0 Å². The molecule has 100 valence electrons. The Hall–Kier alpha value is -1.66. The van der Waals surface area contributed by atoms with Gasteiger partial charge in [-0.15, -0.1) is 0 Å². The molecule has 5 nitrogen and oxygen atoms in total. The maximum Gasteiger partial charge on any atom is 0.178 e. The third-order valence-electron chi connectivity index (χ3n) is 3.60. The van der Waals surface area contributed by atoms with Crippen LogP contribution in [0.5, 0.6) is 0 Å². The van der Waals surface area contributed by atoms with E-state index in [1.54, 1.807) is 10.9 Å². The highest BCUT2D eigenvalue weighted by Crippen LogP contribution is 2.37. The summed E-state index contributed by atoms with van der Waals surface area (Å²) in [6.45, 7) is 0. The summed E-state index contributed by atoms with van der Waals surface area (Å²) in [5, 5.41) is 4.16. The van der Waals surface area contributed by atoms with Gasteiger partial charge in [0.15, 0.2) is 9.84 Å². The molecule has 3 rings (SSSR count). The van der Waals surface area contributed by atoms with E-state index in [1.807, 2.05) is 18.2 Å². The van der Waals surface area contributed by atoms with E-state index < -0.39 is 9.84 Å². The maximum atomic E-state index is 11.5. The van der Waals surface area contributed by atoms with Gasteiger partial charge in [-0.05, 0) is 17.5 Å². The molecule has 1 aromatic heterocycles. The Labute approximate surface area is 112 Å². The zero-order valence-electron chi connectivity index (χ0n) is 10.5. The van der Waals surface area contributed by atoms with Gasteiger partial charge in [0.2, 0.25) is 0 Å². The summed E-state index contributed by atoms with van der Waals surface area (Å²) in [6.07, 6.45) is 4.90. The van der Waals surface area contributed by atoms with Crippen molar-refractivity contribution in [2.75, 3.05) is 6.26 Å². The van der Waals surface area contributed by atoms with Gasteiger partial charge in [-0.2, -0.15) is 5.10 Å². The molecule has 0 aliphatic heterocycles. The molecule has 0 fully saturated rings. The summed E-state index contributed by atoms with van der Waals surface area (Å²) in [7, 11) is -3.22. The number of nitrogens with two attached hydrogens (primary N) is 1. The van der Waals surface area contributed by atoms with Gasteiger partial charge in [0.1, 0.15) is 4.90 Å². The fourth-order valence-electron chi connectivity index (χ4n) is 2.56. The molecule has 2 unspecified atom stereocenters. The molecule has 2 atom stereocenters. The number of rotatable bonds is 2. The second-order valence-electron chi connectivity index (χ2n) is 4.92. The molecule has 2 N–H and O–H groups in total. The molecular weight excluding hydrogens is 262 g/mol. The molecule has 0 spiro atoms. The maximum absolute atomic E-state index is 11.5. The molecule has 0 amide bonds. The van der Waals surface area contributed by atoms with Crippen molar-refractivity contribution in [3.8, 4) is 0 Å². The van der Waals surface area contributed by atoms with Crippen LogP contribution in [0.25, 0.3) is 0 Å². The topological polar surface area (TPSA) is 78.0 Å². The van der Waals surface area contributed by atoms with Crippen molar-refractivity contribution in [1.29, 1.82) is 0 Å². The Bertz CT molecular complexity index is 721. The summed E-state index contributed by atoms with van der Waals surface area (Å²) in [4.78, 5) is 0.232. The molecule has 19 heavy (non-hydrogen) atoms. The lowest BCUT2D eigenvalue weighted by atomic mass is 10.1. The Balaban J connectivity index is 1.96. The second-order valence-corrected chi connectivity index (χ2v) is 6.94. The van der Waals surface area contributed by atoms with Crippen LogP contribution in [0.4, 0.5) is 0 Å². The molecule has 0 radical (unpaired) electrons. The third-order valence-corrected chi connectivity index (χ3v) is 4.67. The molecule has 2 aromatic rings. The van der Waals surface area contributed by atoms with E-state index in [0.717, 1.165) is 12.0 Å². The normalized spacial score (nSPS) is 22.4. The monoisotopic (exact) mass is 277 g/mol. The highest BCUT2D eigenvalue weighted by molar-refractivity contribution is 7.90. The molecule has 6 heteroatoms. The van der Waals surface area contributed by atoms with Crippen molar-refractivity contribution in [2.24, 2.45) is 5.73 Å². The summed E-state index contributed by atoms with van der Waals surface area (Å²) in [5.41, 5.74) is 8.55. The summed E-state index contributed by atoms with van der Waals surface area (Å²) >= 11 is 0. The third kappa shape index (κ3) is 2.06. The first-order valence-corrected chi connectivity index (χ1v) is 7.93. The summed E-state index contributed by atoms with van der Waals surface area (Å²) in [5.74, 6) is 0. The minimum Gasteiger partial charge on any atom is -0.322 e. The molecular formula is C13H15N3O2S. The van der Waals surface area contributed by atoms with E-state index in [0.29, 0.717) is 0 Å². The molecule has 1 aliphatic carbocycles. The van der Waals surface area contributed by atoms with Crippen LogP contribution >= 0.6 is 0 Å². The summed E-state index contributed by atoms with van der Waals surface area (Å²) < 4.78 is 24.6. The lowest BCUT2D eigenvalue weighted by molar-refractivity contribution is 0.410. The van der Waals surface area contributed by atoms with Crippen molar-refractivity contribution in [3.05, 3.63) is 47.8 Å². The smallest absolute Gasteiger partial charge is 0.178 e. The van der Waals surface area contributed by atoms with Crippen LogP contribution in [0.15, 0.2) is 41.6 Å². The van der Waals surface area contributed by atoms with E-state index in [9.17, 15) is 8.42 Å². The van der Waals surface area contributed by atoms with E-state index in [-0.39, 0.29) is 17.0 Å². The first-order valence-electron chi connectivity index (χ1n) is 6.04. The van der Waals surface area contributed by atoms with Gasteiger partial charge >= 0.3 is 0 Å². The zero-order valence-corrected chi connectivity index (χ0v) is 11.3. The Morgan fingerprint density at radius 1 is 1.37 bits per heavy atom. The Morgan fingerprint density at radius 3 is 2.74 bits per heavy atom. The van der Waals surface area contributed by atoms with Crippen LogP contribution in [0.2, 0.25) is 0 Å². The molecule has 0 saturated carbocycles. The fraction of sp³-hybridized carbons (Fsp3) is 0.308. The molecule has 0 bridgehead atoms. The Kier molecular flexibility index (Phi) is 2.72. The van der Waals surface area contributed by atoms with Crippen LogP contribution in [0.1, 0.15) is 23.2 Å². The number of fused-ring (bicyclic) bond motifs is 1. The predicted octanol–water partition coefficient (Wildman–Crippen LogP) is 1.08. The van der Waals surface area contributed by atoms with Gasteiger partial charge in [0, 0.05) is 12.5 Å². The number of benzene rings is 1. The van der Waals surface area contributed by atoms with E-state index in [2.05, 4.69) is 11.2 Å². The number of aromatic nitrogens is 2. The van der Waals surface area contributed by atoms with Gasteiger partial charge in [-0.3, -0.25) is 4.68 Å². The zero-order chi connectivity index (χ0) is 13.6. The molecule has 0 saturated heterocycles. The van der Waals surface area contributed by atoms with Crippen molar-refractivity contribution in [2.45, 2.75) is 23.4 Å². The number of nitrogens with zero attached hydrogens (tertiary/aromatic N) is 2. The molecule has 1 aromatic carbocycles. The Morgan fingerprint density at radius 2 is 2.11 bits per heavy atom. The van der Waals surface area contributed by atoms with Crippen molar-refractivity contribution < 1.29 is 8.42 Å². The van der Waals surface area contributed by atoms with Crippen LogP contribution in [0, 0.1) is 0 Å². The van der Waals surface area contributed by atoms with Crippen molar-refractivity contribution in [1.82, 2.24) is 9.78 Å². The van der Waals surface area contributed by atoms with Crippen LogP contribution in [0.3, 0.4) is 0 Å². The highest BCUT2D eigenvalue weighted by atomic mass is 32.2. The van der Waals surface area contributed by atoms with Crippen LogP contribution < -0.4 is 5.73 Å². The fourth-order valence-corrected chi connectivity index (χ4v) is 3.09. The SMILES string of the molecule is CS(=O)(=O)c1cnn(C2Cc3ccccc3C2N)c1. The lowest BCUT2D eigenvalue weighted by Crippen LogP contribution is -2.21.